The summed E-state index contributed by atoms with van der Waals surface area (Å²) in [5, 5.41) is 0. The SMILES string of the molecule is O=C(COC(=O)CCc1ccccc1)NNC(=O)c1ccc(Br)cc1. The van der Waals surface area contributed by atoms with Crippen LogP contribution >= 0.6 is 15.9 Å². The summed E-state index contributed by atoms with van der Waals surface area (Å²) in [6.45, 7) is -0.450. The zero-order valence-electron chi connectivity index (χ0n) is 13.3. The van der Waals surface area contributed by atoms with Crippen molar-refractivity contribution in [3.05, 3.63) is 70.2 Å². The first-order chi connectivity index (χ1) is 12.0. The van der Waals surface area contributed by atoms with E-state index in [0.29, 0.717) is 12.0 Å². The van der Waals surface area contributed by atoms with E-state index in [1.807, 2.05) is 30.3 Å². The van der Waals surface area contributed by atoms with Crippen molar-refractivity contribution in [2.24, 2.45) is 0 Å². The lowest BCUT2D eigenvalue weighted by atomic mass is 10.1. The Bertz CT molecular complexity index is 733. The molecule has 2 N–H and O–H groups in total. The normalized spacial score (nSPS) is 9.96. The van der Waals surface area contributed by atoms with E-state index in [1.165, 1.54) is 0 Å². The van der Waals surface area contributed by atoms with Gasteiger partial charge in [0.05, 0.1) is 0 Å². The monoisotopic (exact) mass is 404 g/mol. The molecule has 0 fully saturated rings. The molecule has 0 heterocycles. The van der Waals surface area contributed by atoms with Crippen LogP contribution in [0.25, 0.3) is 0 Å². The van der Waals surface area contributed by atoms with Gasteiger partial charge in [-0.05, 0) is 36.2 Å². The summed E-state index contributed by atoms with van der Waals surface area (Å²) in [5.74, 6) is -1.55. The summed E-state index contributed by atoms with van der Waals surface area (Å²) in [4.78, 5) is 35.0. The maximum absolute atomic E-state index is 11.8. The lowest BCUT2D eigenvalue weighted by molar-refractivity contribution is -0.148. The lowest BCUT2D eigenvalue weighted by Crippen LogP contribution is -2.43. The third kappa shape index (κ3) is 6.76. The summed E-state index contributed by atoms with van der Waals surface area (Å²) < 4.78 is 5.71. The quantitative estimate of drug-likeness (QED) is 0.571. The molecule has 25 heavy (non-hydrogen) atoms. The van der Waals surface area contributed by atoms with Crippen LogP contribution in [0, 0.1) is 0 Å². The molecule has 2 aromatic carbocycles. The highest BCUT2D eigenvalue weighted by Crippen LogP contribution is 2.10. The van der Waals surface area contributed by atoms with E-state index in [-0.39, 0.29) is 6.42 Å². The van der Waals surface area contributed by atoms with Gasteiger partial charge in [-0.2, -0.15) is 0 Å². The van der Waals surface area contributed by atoms with Crippen molar-refractivity contribution in [3.8, 4) is 0 Å². The van der Waals surface area contributed by atoms with E-state index >= 15 is 0 Å². The molecule has 0 aliphatic carbocycles. The predicted octanol–water partition coefficient (Wildman–Crippen LogP) is 2.39. The third-order valence-corrected chi connectivity index (χ3v) is 3.78. The Balaban J connectivity index is 1.65. The van der Waals surface area contributed by atoms with E-state index < -0.39 is 24.4 Å². The first-order valence-corrected chi connectivity index (χ1v) is 8.38. The van der Waals surface area contributed by atoms with Gasteiger partial charge in [0.25, 0.3) is 11.8 Å². The number of aryl methyl sites for hydroxylation is 1. The first kappa shape index (κ1) is 18.7. The number of esters is 1. The van der Waals surface area contributed by atoms with Gasteiger partial charge in [-0.1, -0.05) is 46.3 Å². The van der Waals surface area contributed by atoms with E-state index in [2.05, 4.69) is 26.8 Å². The van der Waals surface area contributed by atoms with E-state index in [0.717, 1.165) is 10.0 Å². The fourth-order valence-electron chi connectivity index (χ4n) is 1.95. The second-order valence-corrected chi connectivity index (χ2v) is 6.07. The first-order valence-electron chi connectivity index (χ1n) is 7.59. The van der Waals surface area contributed by atoms with Crippen LogP contribution in [0.15, 0.2) is 59.1 Å². The van der Waals surface area contributed by atoms with Crippen LogP contribution in [-0.2, 0) is 20.7 Å². The Morgan fingerprint density at radius 2 is 1.60 bits per heavy atom. The molecule has 0 bridgehead atoms. The van der Waals surface area contributed by atoms with Crippen LogP contribution in [0.2, 0.25) is 0 Å². The van der Waals surface area contributed by atoms with Crippen molar-refractivity contribution < 1.29 is 19.1 Å². The van der Waals surface area contributed by atoms with E-state index in [1.54, 1.807) is 24.3 Å². The van der Waals surface area contributed by atoms with Crippen molar-refractivity contribution in [1.29, 1.82) is 0 Å². The maximum Gasteiger partial charge on any atom is 0.306 e. The van der Waals surface area contributed by atoms with E-state index in [9.17, 15) is 14.4 Å². The van der Waals surface area contributed by atoms with Crippen LogP contribution in [0.5, 0.6) is 0 Å². The fraction of sp³-hybridized carbons (Fsp3) is 0.167. The van der Waals surface area contributed by atoms with Crippen LogP contribution < -0.4 is 10.9 Å². The number of carbonyl (C=O) groups excluding carboxylic acids is 3. The number of halogens is 1. The van der Waals surface area contributed by atoms with Crippen molar-refractivity contribution in [3.63, 3.8) is 0 Å². The minimum Gasteiger partial charge on any atom is -0.455 e. The van der Waals surface area contributed by atoms with Gasteiger partial charge in [0.15, 0.2) is 6.61 Å². The Kier molecular flexibility index (Phi) is 7.16. The third-order valence-electron chi connectivity index (χ3n) is 3.25. The molecule has 0 unspecified atom stereocenters. The van der Waals surface area contributed by atoms with Gasteiger partial charge in [0, 0.05) is 16.5 Å². The summed E-state index contributed by atoms with van der Waals surface area (Å²) in [5.41, 5.74) is 5.86. The molecule has 7 heteroatoms. The number of carbonyl (C=O) groups is 3. The van der Waals surface area contributed by atoms with Crippen LogP contribution in [-0.4, -0.2) is 24.4 Å². The lowest BCUT2D eigenvalue weighted by Gasteiger charge is -2.08. The Hall–Kier alpha value is -2.67. The summed E-state index contributed by atoms with van der Waals surface area (Å²) in [7, 11) is 0. The standard InChI is InChI=1S/C18H17BrN2O4/c19-15-9-7-14(8-10-15)18(24)21-20-16(22)12-25-17(23)11-6-13-4-2-1-3-5-13/h1-5,7-10H,6,11-12H2,(H,20,22)(H,21,24). The minimum atomic E-state index is -0.612. The van der Waals surface area contributed by atoms with Crippen LogP contribution in [0.3, 0.4) is 0 Å². The average molecular weight is 405 g/mol. The largest absolute Gasteiger partial charge is 0.455 e. The molecular formula is C18H17BrN2O4. The smallest absolute Gasteiger partial charge is 0.306 e. The zero-order valence-corrected chi connectivity index (χ0v) is 14.9. The highest BCUT2D eigenvalue weighted by Gasteiger charge is 2.10. The number of ether oxygens (including phenoxy) is 1. The Labute approximate surface area is 153 Å². The molecule has 0 radical (unpaired) electrons. The molecule has 0 atom stereocenters. The fourth-order valence-corrected chi connectivity index (χ4v) is 2.21. The van der Waals surface area contributed by atoms with Gasteiger partial charge < -0.3 is 4.74 Å². The van der Waals surface area contributed by atoms with Gasteiger partial charge in [-0.15, -0.1) is 0 Å². The maximum atomic E-state index is 11.8. The van der Waals surface area contributed by atoms with Gasteiger partial charge in [-0.25, -0.2) is 0 Å². The molecule has 0 aromatic heterocycles. The molecule has 130 valence electrons. The number of rotatable bonds is 6. The number of nitrogens with one attached hydrogen (secondary N) is 2. The zero-order chi connectivity index (χ0) is 18.1. The Morgan fingerprint density at radius 1 is 0.920 bits per heavy atom. The van der Waals surface area contributed by atoms with Crippen molar-refractivity contribution >= 4 is 33.7 Å². The van der Waals surface area contributed by atoms with Crippen LogP contribution in [0.1, 0.15) is 22.3 Å². The van der Waals surface area contributed by atoms with Crippen LogP contribution in [0.4, 0.5) is 0 Å². The molecule has 6 nitrogen and oxygen atoms in total. The predicted molar refractivity (Wildman–Crippen MR) is 95.5 cm³/mol. The summed E-state index contributed by atoms with van der Waals surface area (Å²) in [6, 6.07) is 16.1. The molecule has 0 aliphatic rings. The van der Waals surface area contributed by atoms with E-state index in [4.69, 9.17) is 4.74 Å². The second kappa shape index (κ2) is 9.58. The molecule has 2 aromatic rings. The van der Waals surface area contributed by atoms with Crippen molar-refractivity contribution in [2.75, 3.05) is 6.61 Å². The topological polar surface area (TPSA) is 84.5 Å². The molecular weight excluding hydrogens is 388 g/mol. The number of amides is 2. The Morgan fingerprint density at radius 3 is 2.28 bits per heavy atom. The molecule has 0 spiro atoms. The highest BCUT2D eigenvalue weighted by atomic mass is 79.9. The van der Waals surface area contributed by atoms with Crippen molar-refractivity contribution in [1.82, 2.24) is 10.9 Å². The summed E-state index contributed by atoms with van der Waals surface area (Å²) in [6.07, 6.45) is 0.726. The summed E-state index contributed by atoms with van der Waals surface area (Å²) >= 11 is 3.27. The highest BCUT2D eigenvalue weighted by molar-refractivity contribution is 9.10. The molecule has 0 saturated heterocycles. The molecule has 2 amide bonds. The van der Waals surface area contributed by atoms with Gasteiger partial charge in [0.2, 0.25) is 0 Å². The number of hydrogen-bond acceptors (Lipinski definition) is 4. The van der Waals surface area contributed by atoms with Gasteiger partial charge in [0.1, 0.15) is 0 Å². The second-order valence-electron chi connectivity index (χ2n) is 5.16. The molecule has 0 saturated carbocycles. The molecule has 0 aliphatic heterocycles. The van der Waals surface area contributed by atoms with Gasteiger partial charge in [-0.3, -0.25) is 25.2 Å². The van der Waals surface area contributed by atoms with Crippen molar-refractivity contribution in [2.45, 2.75) is 12.8 Å². The van der Waals surface area contributed by atoms with Gasteiger partial charge >= 0.3 is 5.97 Å². The number of benzene rings is 2. The number of hydrazine groups is 1. The number of hydrogen-bond donors (Lipinski definition) is 2. The average Bonchev–Trinajstić information content (AvgIpc) is 2.64. The minimum absolute atomic E-state index is 0.183. The molecule has 2 rings (SSSR count).